The van der Waals surface area contributed by atoms with Gasteiger partial charge < -0.3 is 14.8 Å². The standard InChI is InChI=1S/C23H27N3/c1-25-15-18-13-19(26-11-5-2-6-12-26)9-10-20(18)21(16-25)23-14-17-7-3-4-8-22(17)24-23/h3-4,7-10,13-14,21,24H,2,5-6,11-12,15-16H2,1H3. The third kappa shape index (κ3) is 2.80. The molecule has 0 spiro atoms. The van der Waals surface area contributed by atoms with E-state index in [0.29, 0.717) is 5.92 Å². The first-order valence-electron chi connectivity index (χ1n) is 9.92. The molecule has 1 unspecified atom stereocenters. The number of anilines is 1. The largest absolute Gasteiger partial charge is 0.372 e. The maximum Gasteiger partial charge on any atom is 0.0456 e. The molecule has 3 nitrogen and oxygen atoms in total. The van der Waals surface area contributed by atoms with Crippen molar-refractivity contribution in [2.45, 2.75) is 31.7 Å². The molecule has 1 atom stereocenters. The Morgan fingerprint density at radius 1 is 0.962 bits per heavy atom. The van der Waals surface area contributed by atoms with Gasteiger partial charge in [-0.2, -0.15) is 0 Å². The molecule has 1 aromatic heterocycles. The number of hydrogen-bond acceptors (Lipinski definition) is 2. The van der Waals surface area contributed by atoms with E-state index >= 15 is 0 Å². The summed E-state index contributed by atoms with van der Waals surface area (Å²) in [5.41, 5.74) is 6.97. The molecule has 1 fully saturated rings. The monoisotopic (exact) mass is 345 g/mol. The van der Waals surface area contributed by atoms with Crippen LogP contribution in [0.4, 0.5) is 5.69 Å². The number of aromatic nitrogens is 1. The van der Waals surface area contributed by atoms with Gasteiger partial charge in [-0.3, -0.25) is 0 Å². The van der Waals surface area contributed by atoms with E-state index in [0.717, 1.165) is 13.1 Å². The molecular weight excluding hydrogens is 318 g/mol. The van der Waals surface area contributed by atoms with Crippen LogP contribution < -0.4 is 4.90 Å². The van der Waals surface area contributed by atoms with Crippen molar-refractivity contribution in [2.24, 2.45) is 0 Å². The predicted molar refractivity (Wildman–Crippen MR) is 109 cm³/mol. The average molecular weight is 345 g/mol. The fourth-order valence-corrected chi connectivity index (χ4v) is 4.73. The van der Waals surface area contributed by atoms with Gasteiger partial charge in [0.2, 0.25) is 0 Å². The van der Waals surface area contributed by atoms with Crippen LogP contribution in [0, 0.1) is 0 Å². The number of likely N-dealkylation sites (N-methyl/N-ethyl adjacent to an activating group) is 1. The van der Waals surface area contributed by atoms with Gasteiger partial charge in [0.15, 0.2) is 0 Å². The minimum atomic E-state index is 0.423. The Balaban J connectivity index is 1.53. The Morgan fingerprint density at radius 3 is 2.65 bits per heavy atom. The molecule has 3 aromatic rings. The number of aromatic amines is 1. The van der Waals surface area contributed by atoms with Crippen molar-refractivity contribution < 1.29 is 0 Å². The highest BCUT2D eigenvalue weighted by Gasteiger charge is 2.27. The molecule has 0 radical (unpaired) electrons. The Kier molecular flexibility index (Phi) is 3.97. The maximum atomic E-state index is 3.67. The molecule has 26 heavy (non-hydrogen) atoms. The van der Waals surface area contributed by atoms with Gasteiger partial charge in [-0.1, -0.05) is 24.3 Å². The number of piperidine rings is 1. The van der Waals surface area contributed by atoms with Gasteiger partial charge in [0.1, 0.15) is 0 Å². The van der Waals surface area contributed by atoms with Gasteiger partial charge in [0, 0.05) is 49.0 Å². The number of benzene rings is 2. The van der Waals surface area contributed by atoms with Crippen LogP contribution in [0.3, 0.4) is 0 Å². The highest BCUT2D eigenvalue weighted by Crippen LogP contribution is 2.36. The predicted octanol–water partition coefficient (Wildman–Crippen LogP) is 4.74. The molecule has 3 heteroatoms. The summed E-state index contributed by atoms with van der Waals surface area (Å²) in [5, 5.41) is 1.31. The number of nitrogens with zero attached hydrogens (tertiary/aromatic N) is 2. The van der Waals surface area contributed by atoms with E-state index < -0.39 is 0 Å². The van der Waals surface area contributed by atoms with Crippen LogP contribution in [-0.4, -0.2) is 36.6 Å². The fourth-order valence-electron chi connectivity index (χ4n) is 4.73. The molecule has 1 N–H and O–H groups in total. The van der Waals surface area contributed by atoms with E-state index in [1.54, 1.807) is 0 Å². The zero-order chi connectivity index (χ0) is 17.5. The molecule has 0 aliphatic carbocycles. The van der Waals surface area contributed by atoms with Crippen LogP contribution in [0.5, 0.6) is 0 Å². The number of hydrogen-bond donors (Lipinski definition) is 1. The highest BCUT2D eigenvalue weighted by atomic mass is 15.1. The molecule has 2 aromatic carbocycles. The van der Waals surface area contributed by atoms with Crippen LogP contribution in [0.2, 0.25) is 0 Å². The fraction of sp³-hybridized carbons (Fsp3) is 0.391. The normalized spacial score (nSPS) is 21.1. The van der Waals surface area contributed by atoms with Crippen molar-refractivity contribution in [2.75, 3.05) is 31.6 Å². The summed E-state index contributed by atoms with van der Waals surface area (Å²) < 4.78 is 0. The zero-order valence-corrected chi connectivity index (χ0v) is 15.5. The smallest absolute Gasteiger partial charge is 0.0456 e. The van der Waals surface area contributed by atoms with E-state index in [2.05, 4.69) is 70.4 Å². The molecule has 0 amide bonds. The van der Waals surface area contributed by atoms with Crippen molar-refractivity contribution in [1.29, 1.82) is 0 Å². The second-order valence-electron chi connectivity index (χ2n) is 7.99. The summed E-state index contributed by atoms with van der Waals surface area (Å²) in [4.78, 5) is 8.69. The summed E-state index contributed by atoms with van der Waals surface area (Å²) >= 11 is 0. The molecule has 134 valence electrons. The van der Waals surface area contributed by atoms with Gasteiger partial charge in [-0.25, -0.2) is 0 Å². The third-order valence-electron chi connectivity index (χ3n) is 6.08. The van der Waals surface area contributed by atoms with Crippen molar-refractivity contribution >= 4 is 16.6 Å². The summed E-state index contributed by atoms with van der Waals surface area (Å²) in [5.74, 6) is 0.423. The van der Waals surface area contributed by atoms with Gasteiger partial charge in [-0.05, 0) is 67.1 Å². The Hall–Kier alpha value is -2.26. The highest BCUT2D eigenvalue weighted by molar-refractivity contribution is 5.80. The lowest BCUT2D eigenvalue weighted by atomic mass is 9.87. The van der Waals surface area contributed by atoms with E-state index in [9.17, 15) is 0 Å². The van der Waals surface area contributed by atoms with Crippen molar-refractivity contribution in [3.05, 3.63) is 65.4 Å². The first-order chi connectivity index (χ1) is 12.8. The average Bonchev–Trinajstić information content (AvgIpc) is 3.11. The SMILES string of the molecule is CN1Cc2cc(N3CCCCC3)ccc2C(c2cc3ccccc3[nH]2)C1. The zero-order valence-electron chi connectivity index (χ0n) is 15.5. The number of para-hydroxylation sites is 1. The van der Waals surface area contributed by atoms with E-state index in [1.807, 2.05) is 0 Å². The molecule has 0 saturated carbocycles. The van der Waals surface area contributed by atoms with E-state index in [1.165, 1.54) is 65.8 Å². The molecule has 2 aliphatic heterocycles. The Bertz CT molecular complexity index is 887. The van der Waals surface area contributed by atoms with Crippen LogP contribution in [-0.2, 0) is 6.54 Å². The molecule has 1 saturated heterocycles. The first-order valence-corrected chi connectivity index (χ1v) is 9.92. The minimum absolute atomic E-state index is 0.423. The van der Waals surface area contributed by atoms with Gasteiger partial charge >= 0.3 is 0 Å². The minimum Gasteiger partial charge on any atom is -0.372 e. The number of fused-ring (bicyclic) bond motifs is 2. The summed E-state index contributed by atoms with van der Waals surface area (Å²) in [6.07, 6.45) is 4.04. The molecule has 2 aliphatic rings. The Labute approximate surface area is 155 Å². The lowest BCUT2D eigenvalue weighted by molar-refractivity contribution is 0.294. The van der Waals surface area contributed by atoms with Crippen molar-refractivity contribution in [3.8, 4) is 0 Å². The van der Waals surface area contributed by atoms with E-state index in [-0.39, 0.29) is 0 Å². The van der Waals surface area contributed by atoms with Crippen LogP contribution in [0.25, 0.3) is 10.9 Å². The summed E-state index contributed by atoms with van der Waals surface area (Å²) in [6.45, 7) is 4.54. The second kappa shape index (κ2) is 6.48. The molecule has 0 bridgehead atoms. The quantitative estimate of drug-likeness (QED) is 0.725. The molecule has 3 heterocycles. The van der Waals surface area contributed by atoms with Crippen LogP contribution in [0.15, 0.2) is 48.5 Å². The number of nitrogens with one attached hydrogen (secondary N) is 1. The molecular formula is C23H27N3. The van der Waals surface area contributed by atoms with Crippen LogP contribution in [0.1, 0.15) is 42.0 Å². The van der Waals surface area contributed by atoms with Crippen LogP contribution >= 0.6 is 0 Å². The van der Waals surface area contributed by atoms with Gasteiger partial charge in [0.25, 0.3) is 0 Å². The number of rotatable bonds is 2. The van der Waals surface area contributed by atoms with Crippen molar-refractivity contribution in [1.82, 2.24) is 9.88 Å². The first kappa shape index (κ1) is 16.0. The van der Waals surface area contributed by atoms with Gasteiger partial charge in [0.05, 0.1) is 0 Å². The second-order valence-corrected chi connectivity index (χ2v) is 7.99. The lowest BCUT2D eigenvalue weighted by Gasteiger charge is -2.34. The summed E-state index contributed by atoms with van der Waals surface area (Å²) in [6, 6.07) is 18.1. The lowest BCUT2D eigenvalue weighted by Crippen LogP contribution is -2.32. The topological polar surface area (TPSA) is 22.3 Å². The van der Waals surface area contributed by atoms with Gasteiger partial charge in [-0.15, -0.1) is 0 Å². The Morgan fingerprint density at radius 2 is 1.81 bits per heavy atom. The van der Waals surface area contributed by atoms with Crippen molar-refractivity contribution in [3.63, 3.8) is 0 Å². The third-order valence-corrected chi connectivity index (χ3v) is 6.08. The van der Waals surface area contributed by atoms with E-state index in [4.69, 9.17) is 0 Å². The summed E-state index contributed by atoms with van der Waals surface area (Å²) in [7, 11) is 2.24. The number of H-pyrrole nitrogens is 1. The maximum absolute atomic E-state index is 3.67. The molecule has 5 rings (SSSR count).